The molecule has 0 saturated heterocycles. The Morgan fingerprint density at radius 3 is 2.70 bits per heavy atom. The molecule has 1 aromatic carbocycles. The molecule has 11 heteroatoms. The lowest BCUT2D eigenvalue weighted by molar-refractivity contribution is 0.577. The number of rotatable bonds is 7. The maximum Gasteiger partial charge on any atom is 0.216 e. The number of aromatic nitrogens is 3. The number of halogens is 1. The van der Waals surface area contributed by atoms with Crippen molar-refractivity contribution in [3.05, 3.63) is 53.5 Å². The van der Waals surface area contributed by atoms with E-state index in [-0.39, 0.29) is 24.0 Å². The Morgan fingerprint density at radius 2 is 2.07 bits per heavy atom. The van der Waals surface area contributed by atoms with Gasteiger partial charge in [0, 0.05) is 32.8 Å². The van der Waals surface area contributed by atoms with Gasteiger partial charge < -0.3 is 15.1 Å². The van der Waals surface area contributed by atoms with Gasteiger partial charge in [-0.2, -0.15) is 5.10 Å². The molecule has 2 heterocycles. The van der Waals surface area contributed by atoms with Gasteiger partial charge in [-0.1, -0.05) is 12.1 Å². The summed E-state index contributed by atoms with van der Waals surface area (Å²) in [7, 11) is -1.52. The summed E-state index contributed by atoms with van der Waals surface area (Å²) in [5.74, 6) is 2.53. The minimum absolute atomic E-state index is 0. The Kier molecular flexibility index (Phi) is 8.41. The molecule has 3 aromatic rings. The molecular formula is C19H25IN6O3S. The molecule has 0 aliphatic heterocycles. The van der Waals surface area contributed by atoms with Crippen molar-refractivity contribution < 1.29 is 12.8 Å². The van der Waals surface area contributed by atoms with E-state index >= 15 is 0 Å². The predicted octanol–water partition coefficient (Wildman–Crippen LogP) is 2.30. The lowest BCUT2D eigenvalue weighted by Crippen LogP contribution is -2.38. The number of nitrogens with one attached hydrogen (secondary N) is 3. The third-order valence-corrected chi connectivity index (χ3v) is 5.51. The molecule has 9 nitrogen and oxygen atoms in total. The van der Waals surface area contributed by atoms with Gasteiger partial charge in [0.25, 0.3) is 0 Å². The first kappa shape index (κ1) is 23.9. The molecule has 0 bridgehead atoms. The number of nitrogens with zero attached hydrogens (tertiary/aromatic N) is 3. The van der Waals surface area contributed by atoms with E-state index < -0.39 is 9.84 Å². The SMILES string of the molecule is CN=C(NCCc1nc(-c2ccco2)n[nH]1)NCc1ccc(S(C)(=O)=O)c(C)c1.I. The number of hydrogen-bond donors (Lipinski definition) is 3. The van der Waals surface area contributed by atoms with Crippen molar-refractivity contribution in [1.82, 2.24) is 25.8 Å². The highest BCUT2D eigenvalue weighted by molar-refractivity contribution is 14.0. The van der Waals surface area contributed by atoms with Crippen LogP contribution in [0.15, 0.2) is 50.9 Å². The summed E-state index contributed by atoms with van der Waals surface area (Å²) >= 11 is 0. The Morgan fingerprint density at radius 1 is 1.27 bits per heavy atom. The fourth-order valence-corrected chi connectivity index (χ4v) is 3.83. The van der Waals surface area contributed by atoms with Crippen LogP contribution in [0.2, 0.25) is 0 Å². The zero-order chi connectivity index (χ0) is 20.9. The molecule has 3 rings (SSSR count). The van der Waals surface area contributed by atoms with Crippen LogP contribution in [0, 0.1) is 6.92 Å². The number of aliphatic imine (C=N–C) groups is 1. The quantitative estimate of drug-likeness (QED) is 0.237. The average Bonchev–Trinajstić information content (AvgIpc) is 3.35. The zero-order valence-electron chi connectivity index (χ0n) is 17.0. The molecule has 0 amide bonds. The zero-order valence-corrected chi connectivity index (χ0v) is 20.1. The van der Waals surface area contributed by atoms with Crippen molar-refractivity contribution >= 4 is 39.8 Å². The minimum atomic E-state index is -3.21. The summed E-state index contributed by atoms with van der Waals surface area (Å²) in [6.07, 6.45) is 3.43. The maximum absolute atomic E-state index is 11.7. The molecule has 3 N–H and O–H groups in total. The second-order valence-corrected chi connectivity index (χ2v) is 8.54. The Labute approximate surface area is 192 Å². The molecule has 0 aliphatic rings. The normalized spacial score (nSPS) is 11.8. The van der Waals surface area contributed by atoms with Crippen molar-refractivity contribution in [3.8, 4) is 11.6 Å². The number of hydrogen-bond acceptors (Lipinski definition) is 6. The van der Waals surface area contributed by atoms with Crippen LogP contribution in [0.4, 0.5) is 0 Å². The minimum Gasteiger partial charge on any atom is -0.461 e. The van der Waals surface area contributed by atoms with Gasteiger partial charge in [0.2, 0.25) is 5.82 Å². The van der Waals surface area contributed by atoms with Gasteiger partial charge in [0.15, 0.2) is 21.6 Å². The average molecular weight is 544 g/mol. The van der Waals surface area contributed by atoms with E-state index in [9.17, 15) is 8.42 Å². The molecule has 0 saturated carbocycles. The van der Waals surface area contributed by atoms with Crippen molar-refractivity contribution in [1.29, 1.82) is 0 Å². The molecule has 0 atom stereocenters. The fraction of sp³-hybridized carbons (Fsp3) is 0.316. The number of guanidine groups is 1. The molecule has 0 unspecified atom stereocenters. The van der Waals surface area contributed by atoms with Crippen molar-refractivity contribution in [2.24, 2.45) is 4.99 Å². The predicted molar refractivity (Wildman–Crippen MR) is 126 cm³/mol. The first-order valence-corrected chi connectivity index (χ1v) is 10.9. The van der Waals surface area contributed by atoms with Gasteiger partial charge in [0.05, 0.1) is 11.2 Å². The van der Waals surface area contributed by atoms with Gasteiger partial charge in [-0.05, 0) is 36.2 Å². The van der Waals surface area contributed by atoms with Gasteiger partial charge >= 0.3 is 0 Å². The molecule has 2 aromatic heterocycles. The van der Waals surface area contributed by atoms with Gasteiger partial charge in [0.1, 0.15) is 5.82 Å². The second-order valence-electron chi connectivity index (χ2n) is 6.56. The first-order valence-electron chi connectivity index (χ1n) is 9.06. The fourth-order valence-electron chi connectivity index (χ4n) is 2.87. The Hall–Kier alpha value is -2.41. The van der Waals surface area contributed by atoms with E-state index in [1.54, 1.807) is 44.5 Å². The number of furan rings is 1. The van der Waals surface area contributed by atoms with Crippen LogP contribution in [0.5, 0.6) is 0 Å². The molecule has 162 valence electrons. The number of sulfone groups is 1. The van der Waals surface area contributed by atoms with Crippen LogP contribution in [-0.2, 0) is 22.8 Å². The van der Waals surface area contributed by atoms with Crippen molar-refractivity contribution in [2.45, 2.75) is 24.8 Å². The lowest BCUT2D eigenvalue weighted by Gasteiger charge is -2.12. The van der Waals surface area contributed by atoms with Crippen LogP contribution in [0.1, 0.15) is 17.0 Å². The Bertz CT molecular complexity index is 1090. The number of aryl methyl sites for hydroxylation is 1. The highest BCUT2D eigenvalue weighted by Crippen LogP contribution is 2.16. The monoisotopic (exact) mass is 544 g/mol. The summed E-state index contributed by atoms with van der Waals surface area (Å²) in [6.45, 7) is 2.93. The van der Waals surface area contributed by atoms with E-state index in [0.717, 1.165) is 17.0 Å². The summed E-state index contributed by atoms with van der Waals surface area (Å²) in [4.78, 5) is 8.95. The van der Waals surface area contributed by atoms with Crippen LogP contribution in [-0.4, -0.2) is 49.4 Å². The molecular weight excluding hydrogens is 519 g/mol. The summed E-state index contributed by atoms with van der Waals surface area (Å²) < 4.78 is 28.7. The molecule has 0 spiro atoms. The maximum atomic E-state index is 11.7. The van der Waals surface area contributed by atoms with Crippen molar-refractivity contribution in [2.75, 3.05) is 19.8 Å². The van der Waals surface area contributed by atoms with E-state index in [0.29, 0.717) is 42.0 Å². The smallest absolute Gasteiger partial charge is 0.216 e. The molecule has 0 radical (unpaired) electrons. The van der Waals surface area contributed by atoms with Crippen LogP contribution < -0.4 is 10.6 Å². The van der Waals surface area contributed by atoms with E-state index in [2.05, 4.69) is 30.8 Å². The molecule has 30 heavy (non-hydrogen) atoms. The van der Waals surface area contributed by atoms with Crippen LogP contribution >= 0.6 is 24.0 Å². The van der Waals surface area contributed by atoms with Gasteiger partial charge in [-0.3, -0.25) is 10.1 Å². The highest BCUT2D eigenvalue weighted by Gasteiger charge is 2.11. The standard InChI is InChI=1S/C19H24N6O3S.HI/c1-13-11-14(6-7-16(13)29(3,26)27)12-22-19(20-2)21-9-8-17-23-18(25-24-17)15-5-4-10-28-15;/h4-7,10-11H,8-9,12H2,1-3H3,(H2,20,21,22)(H,23,24,25);1H. The lowest BCUT2D eigenvalue weighted by atomic mass is 10.1. The number of aromatic amines is 1. The first-order chi connectivity index (χ1) is 13.9. The third-order valence-electron chi connectivity index (χ3n) is 4.25. The van der Waals surface area contributed by atoms with E-state index in [1.165, 1.54) is 6.26 Å². The Balaban J connectivity index is 0.00000320. The summed E-state index contributed by atoms with van der Waals surface area (Å²) in [5.41, 5.74) is 1.70. The summed E-state index contributed by atoms with van der Waals surface area (Å²) in [5, 5.41) is 13.5. The summed E-state index contributed by atoms with van der Waals surface area (Å²) in [6, 6.07) is 8.90. The largest absolute Gasteiger partial charge is 0.461 e. The number of benzene rings is 1. The van der Waals surface area contributed by atoms with Crippen LogP contribution in [0.25, 0.3) is 11.6 Å². The topological polar surface area (TPSA) is 125 Å². The van der Waals surface area contributed by atoms with Crippen molar-refractivity contribution in [3.63, 3.8) is 0 Å². The molecule has 0 aliphatic carbocycles. The number of H-pyrrole nitrogens is 1. The molecule has 0 fully saturated rings. The second kappa shape index (κ2) is 10.6. The van der Waals surface area contributed by atoms with E-state index in [4.69, 9.17) is 4.42 Å². The van der Waals surface area contributed by atoms with Gasteiger partial charge in [-0.15, -0.1) is 24.0 Å². The van der Waals surface area contributed by atoms with Crippen LogP contribution in [0.3, 0.4) is 0 Å². The third kappa shape index (κ3) is 6.29. The highest BCUT2D eigenvalue weighted by atomic mass is 127. The van der Waals surface area contributed by atoms with E-state index in [1.807, 2.05) is 6.07 Å². The van der Waals surface area contributed by atoms with Gasteiger partial charge in [-0.25, -0.2) is 13.4 Å².